The summed E-state index contributed by atoms with van der Waals surface area (Å²) in [6.07, 6.45) is -7.73. The molecule has 0 radical (unpaired) electrons. The molecule has 0 aliphatic rings. The number of nitro benzene ring substituents is 1. The fourth-order valence-electron chi connectivity index (χ4n) is 1.05. The highest BCUT2D eigenvalue weighted by atomic mass is 19.4. The summed E-state index contributed by atoms with van der Waals surface area (Å²) >= 11 is 0. The molecule has 0 aliphatic heterocycles. The Morgan fingerprint density at radius 1 is 1.38 bits per heavy atom. The summed E-state index contributed by atoms with van der Waals surface area (Å²) < 4.78 is 36.3. The van der Waals surface area contributed by atoms with Gasteiger partial charge in [0.25, 0.3) is 0 Å². The van der Waals surface area contributed by atoms with E-state index in [4.69, 9.17) is 10.2 Å². The number of halogens is 3. The summed E-state index contributed by atoms with van der Waals surface area (Å²) in [6.45, 7) is 0. The Balaban J connectivity index is 3.18. The van der Waals surface area contributed by atoms with Crippen molar-refractivity contribution in [1.82, 2.24) is 0 Å². The van der Waals surface area contributed by atoms with Crippen molar-refractivity contribution in [3.63, 3.8) is 0 Å². The largest absolute Gasteiger partial charge is 0.502 e. The highest BCUT2D eigenvalue weighted by Crippen LogP contribution is 2.36. The van der Waals surface area contributed by atoms with Crippen LogP contribution >= 0.6 is 0 Å². The van der Waals surface area contributed by atoms with Crippen molar-refractivity contribution in [1.29, 1.82) is 0 Å². The quantitative estimate of drug-likeness (QED) is 0.607. The van der Waals surface area contributed by atoms with Crippen LogP contribution in [0.4, 0.5) is 18.9 Å². The van der Waals surface area contributed by atoms with E-state index in [0.29, 0.717) is 6.07 Å². The maximum atomic E-state index is 12.1. The Morgan fingerprint density at radius 3 is 2.38 bits per heavy atom. The van der Waals surface area contributed by atoms with Gasteiger partial charge >= 0.3 is 11.9 Å². The normalized spacial score (nSPS) is 13.5. The summed E-state index contributed by atoms with van der Waals surface area (Å²) in [5.74, 6) is -0.761. The average Bonchev–Trinajstić information content (AvgIpc) is 2.15. The zero-order valence-electron chi connectivity index (χ0n) is 7.60. The minimum atomic E-state index is -4.91. The van der Waals surface area contributed by atoms with Crippen LogP contribution in [0, 0.1) is 10.1 Å². The molecule has 0 saturated heterocycles. The van der Waals surface area contributed by atoms with Crippen LogP contribution in [-0.2, 0) is 0 Å². The van der Waals surface area contributed by atoms with Crippen LogP contribution in [0.2, 0.25) is 0 Å². The highest BCUT2D eigenvalue weighted by Gasteiger charge is 2.40. The minimum absolute atomic E-state index is 0.480. The van der Waals surface area contributed by atoms with Crippen LogP contribution in [0.1, 0.15) is 11.7 Å². The van der Waals surface area contributed by atoms with Crippen LogP contribution in [0.25, 0.3) is 0 Å². The average molecular weight is 237 g/mol. The van der Waals surface area contributed by atoms with E-state index in [2.05, 4.69) is 0 Å². The fraction of sp³-hybridized carbons (Fsp3) is 0.250. The highest BCUT2D eigenvalue weighted by molar-refractivity contribution is 5.48. The molecular formula is C8H6F3NO4. The van der Waals surface area contributed by atoms with E-state index in [1.807, 2.05) is 0 Å². The third-order valence-corrected chi connectivity index (χ3v) is 1.82. The SMILES string of the molecule is O=[N+]([O-])c1cc([C@H](O)C(F)(F)F)ccc1O. The van der Waals surface area contributed by atoms with Gasteiger partial charge in [-0.25, -0.2) is 0 Å². The number of aliphatic hydroxyl groups excluding tert-OH is 1. The second-order valence-corrected chi connectivity index (χ2v) is 2.95. The molecule has 0 heterocycles. The number of hydrogen-bond acceptors (Lipinski definition) is 4. The number of benzene rings is 1. The van der Waals surface area contributed by atoms with Crippen molar-refractivity contribution < 1.29 is 28.3 Å². The van der Waals surface area contributed by atoms with E-state index >= 15 is 0 Å². The van der Waals surface area contributed by atoms with Crippen molar-refractivity contribution in [2.75, 3.05) is 0 Å². The molecule has 0 spiro atoms. The summed E-state index contributed by atoms with van der Waals surface area (Å²) in [6, 6.07) is 1.97. The smallest absolute Gasteiger partial charge is 0.418 e. The summed E-state index contributed by atoms with van der Waals surface area (Å²) in [5.41, 5.74) is -1.59. The molecular weight excluding hydrogens is 231 g/mol. The molecule has 0 amide bonds. The molecule has 0 fully saturated rings. The number of rotatable bonds is 2. The van der Waals surface area contributed by atoms with Gasteiger partial charge in [0.1, 0.15) is 0 Å². The molecule has 0 saturated carbocycles. The second-order valence-electron chi connectivity index (χ2n) is 2.95. The first-order valence-corrected chi connectivity index (χ1v) is 3.95. The molecule has 0 aromatic heterocycles. The molecule has 1 aromatic rings. The van der Waals surface area contributed by atoms with E-state index in [9.17, 15) is 23.3 Å². The van der Waals surface area contributed by atoms with Crippen molar-refractivity contribution in [3.8, 4) is 5.75 Å². The number of phenolic OH excluding ortho intramolecular Hbond substituents is 1. The Hall–Kier alpha value is -1.83. The molecule has 8 heteroatoms. The predicted octanol–water partition coefficient (Wildman–Crippen LogP) is 1.90. The molecule has 1 rings (SSSR count). The van der Waals surface area contributed by atoms with Gasteiger partial charge < -0.3 is 10.2 Å². The lowest BCUT2D eigenvalue weighted by atomic mass is 10.1. The van der Waals surface area contributed by atoms with E-state index < -0.39 is 34.2 Å². The first kappa shape index (κ1) is 12.2. The molecule has 1 atom stereocenters. The number of phenols is 1. The molecule has 16 heavy (non-hydrogen) atoms. The zero-order chi connectivity index (χ0) is 12.5. The second kappa shape index (κ2) is 3.97. The minimum Gasteiger partial charge on any atom is -0.502 e. The van der Waals surface area contributed by atoms with Gasteiger partial charge in [0.05, 0.1) is 4.92 Å². The summed E-state index contributed by atoms with van der Waals surface area (Å²) in [4.78, 5) is 9.29. The number of aliphatic hydroxyl groups is 1. The lowest BCUT2D eigenvalue weighted by Crippen LogP contribution is -2.20. The molecule has 0 unspecified atom stereocenters. The van der Waals surface area contributed by atoms with Crippen LogP contribution in [0.3, 0.4) is 0 Å². The van der Waals surface area contributed by atoms with Gasteiger partial charge in [-0.2, -0.15) is 13.2 Å². The molecule has 1 aromatic carbocycles. The van der Waals surface area contributed by atoms with Crippen molar-refractivity contribution in [3.05, 3.63) is 33.9 Å². The summed E-state index contributed by atoms with van der Waals surface area (Å²) in [5, 5.41) is 28.1. The Morgan fingerprint density at radius 2 is 1.94 bits per heavy atom. The van der Waals surface area contributed by atoms with Crippen LogP contribution in [0.15, 0.2) is 18.2 Å². The maximum absolute atomic E-state index is 12.1. The maximum Gasteiger partial charge on any atom is 0.418 e. The molecule has 0 bridgehead atoms. The molecule has 88 valence electrons. The monoisotopic (exact) mass is 237 g/mol. The van der Waals surface area contributed by atoms with Crippen molar-refractivity contribution >= 4 is 5.69 Å². The standard InChI is InChI=1S/C8H6F3NO4/c9-8(10,11)7(14)4-1-2-6(13)5(3-4)12(15)16/h1-3,7,13-14H/t7-/m0/s1. The fourth-order valence-corrected chi connectivity index (χ4v) is 1.05. The number of nitro groups is 1. The van der Waals surface area contributed by atoms with Crippen molar-refractivity contribution in [2.45, 2.75) is 12.3 Å². The van der Waals surface area contributed by atoms with Crippen LogP contribution in [-0.4, -0.2) is 21.3 Å². The Kier molecular flexibility index (Phi) is 3.04. The van der Waals surface area contributed by atoms with E-state index in [1.165, 1.54) is 0 Å². The third kappa shape index (κ3) is 2.40. The number of hydrogen-bond donors (Lipinski definition) is 2. The zero-order valence-corrected chi connectivity index (χ0v) is 7.60. The molecule has 0 aliphatic carbocycles. The number of nitrogens with zero attached hydrogens (tertiary/aromatic N) is 1. The van der Waals surface area contributed by atoms with Crippen LogP contribution < -0.4 is 0 Å². The van der Waals surface area contributed by atoms with Gasteiger partial charge in [-0.1, -0.05) is 6.07 Å². The van der Waals surface area contributed by atoms with Crippen LogP contribution in [0.5, 0.6) is 5.75 Å². The summed E-state index contributed by atoms with van der Waals surface area (Å²) in [7, 11) is 0. The van der Waals surface area contributed by atoms with E-state index in [1.54, 1.807) is 0 Å². The number of alkyl halides is 3. The third-order valence-electron chi connectivity index (χ3n) is 1.82. The first-order chi connectivity index (χ1) is 7.23. The first-order valence-electron chi connectivity index (χ1n) is 3.95. The molecule has 5 nitrogen and oxygen atoms in total. The number of aromatic hydroxyl groups is 1. The lowest BCUT2D eigenvalue weighted by Gasteiger charge is -2.14. The van der Waals surface area contributed by atoms with E-state index in [0.717, 1.165) is 12.1 Å². The Labute approximate surface area is 86.9 Å². The van der Waals surface area contributed by atoms with Gasteiger partial charge in [-0.05, 0) is 11.6 Å². The Bertz CT molecular complexity index is 418. The lowest BCUT2D eigenvalue weighted by molar-refractivity contribution is -0.386. The predicted molar refractivity (Wildman–Crippen MR) is 45.8 cm³/mol. The van der Waals surface area contributed by atoms with Gasteiger partial charge in [0.15, 0.2) is 11.9 Å². The van der Waals surface area contributed by atoms with Gasteiger partial charge in [-0.15, -0.1) is 0 Å². The van der Waals surface area contributed by atoms with E-state index in [-0.39, 0.29) is 0 Å². The van der Waals surface area contributed by atoms with Gasteiger partial charge in [0.2, 0.25) is 0 Å². The van der Waals surface area contributed by atoms with Gasteiger partial charge in [0, 0.05) is 6.07 Å². The van der Waals surface area contributed by atoms with Crippen molar-refractivity contribution in [2.24, 2.45) is 0 Å². The van der Waals surface area contributed by atoms with Gasteiger partial charge in [-0.3, -0.25) is 10.1 Å². The topological polar surface area (TPSA) is 83.6 Å². The molecule has 2 N–H and O–H groups in total.